The molecule has 0 spiro atoms. The van der Waals surface area contributed by atoms with E-state index in [0.29, 0.717) is 19.5 Å². The lowest BCUT2D eigenvalue weighted by Gasteiger charge is -2.38. The van der Waals surface area contributed by atoms with Gasteiger partial charge in [-0.3, -0.25) is 9.59 Å². The van der Waals surface area contributed by atoms with Crippen molar-refractivity contribution in [3.8, 4) is 5.75 Å². The second-order valence-corrected chi connectivity index (χ2v) is 4.79. The second kappa shape index (κ2) is 5.73. The molecule has 1 aromatic rings. The van der Waals surface area contributed by atoms with Gasteiger partial charge in [-0.25, -0.2) is 0 Å². The molecule has 102 valence electrons. The fraction of sp³-hybridized carbons (Fsp3) is 0.429. The van der Waals surface area contributed by atoms with Crippen molar-refractivity contribution >= 4 is 11.9 Å². The Kier molecular flexibility index (Phi) is 4.04. The second-order valence-electron chi connectivity index (χ2n) is 4.79. The Bertz CT molecular complexity index is 463. The van der Waals surface area contributed by atoms with E-state index in [0.717, 1.165) is 11.3 Å². The van der Waals surface area contributed by atoms with Gasteiger partial charge < -0.3 is 14.7 Å². The fourth-order valence-corrected chi connectivity index (χ4v) is 2.18. The summed E-state index contributed by atoms with van der Waals surface area (Å²) in [5.41, 5.74) is 0.937. The van der Waals surface area contributed by atoms with Crippen molar-refractivity contribution in [2.24, 2.45) is 5.92 Å². The summed E-state index contributed by atoms with van der Waals surface area (Å²) < 4.78 is 5.05. The average molecular weight is 263 g/mol. The van der Waals surface area contributed by atoms with Crippen LogP contribution in [-0.4, -0.2) is 42.1 Å². The molecule has 1 aliphatic rings. The molecule has 0 unspecified atom stereocenters. The van der Waals surface area contributed by atoms with Crippen molar-refractivity contribution in [3.05, 3.63) is 29.8 Å². The number of benzene rings is 1. The number of nitrogens with zero attached hydrogens (tertiary/aromatic N) is 1. The number of aliphatic carboxylic acids is 1. The highest BCUT2D eigenvalue weighted by Gasteiger charge is 2.31. The number of hydrogen-bond acceptors (Lipinski definition) is 3. The van der Waals surface area contributed by atoms with E-state index in [1.807, 2.05) is 24.3 Å². The minimum atomic E-state index is -0.799. The molecule has 0 bridgehead atoms. The van der Waals surface area contributed by atoms with E-state index in [1.165, 1.54) is 0 Å². The molecule has 19 heavy (non-hydrogen) atoms. The van der Waals surface area contributed by atoms with Gasteiger partial charge in [-0.05, 0) is 17.7 Å². The normalized spacial score (nSPS) is 14.9. The maximum atomic E-state index is 11.9. The predicted molar refractivity (Wildman–Crippen MR) is 69.0 cm³/mol. The zero-order chi connectivity index (χ0) is 13.8. The van der Waals surface area contributed by atoms with Gasteiger partial charge in [0.15, 0.2) is 0 Å². The number of amides is 1. The predicted octanol–water partition coefficient (Wildman–Crippen LogP) is 1.17. The summed E-state index contributed by atoms with van der Waals surface area (Å²) in [6, 6.07) is 7.38. The van der Waals surface area contributed by atoms with Crippen molar-refractivity contribution in [1.29, 1.82) is 0 Å². The lowest BCUT2D eigenvalue weighted by molar-refractivity contribution is -0.144. The minimum Gasteiger partial charge on any atom is -0.497 e. The molecule has 1 fully saturated rings. The number of carbonyl (C=O) groups is 2. The van der Waals surface area contributed by atoms with Crippen LogP contribution in [0, 0.1) is 5.92 Å². The zero-order valence-corrected chi connectivity index (χ0v) is 10.8. The lowest BCUT2D eigenvalue weighted by atomic mass is 9.95. The molecule has 1 aromatic carbocycles. The molecule has 0 radical (unpaired) electrons. The van der Waals surface area contributed by atoms with Crippen LogP contribution in [0.5, 0.6) is 5.75 Å². The Hall–Kier alpha value is -2.04. The van der Waals surface area contributed by atoms with Crippen LogP contribution in [0.3, 0.4) is 0 Å². The standard InChI is InChI=1S/C14H17NO4/c1-19-12-4-2-10(3-5-12)6-13(16)15-8-11(9-15)7-14(17)18/h2-5,11H,6-9H2,1H3,(H,17,18). The molecule has 0 aromatic heterocycles. The molecule has 0 atom stereocenters. The summed E-state index contributed by atoms with van der Waals surface area (Å²) >= 11 is 0. The molecule has 5 heteroatoms. The van der Waals surface area contributed by atoms with Crippen molar-refractivity contribution < 1.29 is 19.4 Å². The zero-order valence-electron chi connectivity index (χ0n) is 10.8. The van der Waals surface area contributed by atoms with Gasteiger partial charge in [0.2, 0.25) is 5.91 Å². The van der Waals surface area contributed by atoms with Crippen LogP contribution in [0.4, 0.5) is 0 Å². The molecule has 2 rings (SSSR count). The molecule has 1 heterocycles. The molecule has 1 saturated heterocycles. The van der Waals surface area contributed by atoms with E-state index in [2.05, 4.69) is 0 Å². The average Bonchev–Trinajstić information content (AvgIpc) is 2.33. The van der Waals surface area contributed by atoms with Crippen LogP contribution >= 0.6 is 0 Å². The van der Waals surface area contributed by atoms with Gasteiger partial charge in [0.1, 0.15) is 5.75 Å². The summed E-state index contributed by atoms with van der Waals surface area (Å²) in [5.74, 6) is 0.123. The van der Waals surface area contributed by atoms with Crippen LogP contribution in [0.2, 0.25) is 0 Å². The smallest absolute Gasteiger partial charge is 0.303 e. The van der Waals surface area contributed by atoms with Crippen molar-refractivity contribution in [2.75, 3.05) is 20.2 Å². The van der Waals surface area contributed by atoms with Crippen LogP contribution in [0.15, 0.2) is 24.3 Å². The van der Waals surface area contributed by atoms with E-state index in [4.69, 9.17) is 9.84 Å². The first-order valence-corrected chi connectivity index (χ1v) is 6.21. The largest absolute Gasteiger partial charge is 0.497 e. The molecule has 1 amide bonds. The molecular formula is C14H17NO4. The number of carboxylic acid groups (broad SMARTS) is 1. The highest BCUT2D eigenvalue weighted by Crippen LogP contribution is 2.20. The van der Waals surface area contributed by atoms with Gasteiger partial charge in [0.25, 0.3) is 0 Å². The number of carboxylic acids is 1. The Labute approximate surface area is 111 Å². The first-order valence-electron chi connectivity index (χ1n) is 6.21. The Morgan fingerprint density at radius 2 is 1.95 bits per heavy atom. The SMILES string of the molecule is COc1ccc(CC(=O)N2CC(CC(=O)O)C2)cc1. The van der Waals surface area contributed by atoms with Crippen molar-refractivity contribution in [3.63, 3.8) is 0 Å². The summed E-state index contributed by atoms with van der Waals surface area (Å²) in [7, 11) is 1.60. The van der Waals surface area contributed by atoms with Gasteiger partial charge in [-0.2, -0.15) is 0 Å². The number of carbonyl (C=O) groups excluding carboxylic acids is 1. The van der Waals surface area contributed by atoms with Gasteiger partial charge in [-0.1, -0.05) is 12.1 Å². The van der Waals surface area contributed by atoms with E-state index in [9.17, 15) is 9.59 Å². The number of ether oxygens (including phenoxy) is 1. The van der Waals surface area contributed by atoms with E-state index in [-0.39, 0.29) is 18.2 Å². The first-order chi connectivity index (χ1) is 9.08. The number of methoxy groups -OCH3 is 1. The van der Waals surface area contributed by atoms with Crippen LogP contribution in [-0.2, 0) is 16.0 Å². The monoisotopic (exact) mass is 263 g/mol. The first kappa shape index (κ1) is 13.4. The summed E-state index contributed by atoms with van der Waals surface area (Å²) in [6.07, 6.45) is 0.496. The minimum absolute atomic E-state index is 0.0480. The van der Waals surface area contributed by atoms with Crippen molar-refractivity contribution in [1.82, 2.24) is 4.90 Å². The van der Waals surface area contributed by atoms with Gasteiger partial charge >= 0.3 is 5.97 Å². The van der Waals surface area contributed by atoms with Crippen LogP contribution < -0.4 is 4.74 Å². The Balaban J connectivity index is 1.80. The summed E-state index contributed by atoms with van der Waals surface area (Å²) in [6.45, 7) is 1.11. The maximum Gasteiger partial charge on any atom is 0.303 e. The highest BCUT2D eigenvalue weighted by atomic mass is 16.5. The molecule has 1 N–H and O–H groups in total. The van der Waals surface area contributed by atoms with Gasteiger partial charge in [-0.15, -0.1) is 0 Å². The van der Waals surface area contributed by atoms with E-state index in [1.54, 1.807) is 12.0 Å². The van der Waals surface area contributed by atoms with E-state index < -0.39 is 5.97 Å². The van der Waals surface area contributed by atoms with Gasteiger partial charge in [0.05, 0.1) is 20.0 Å². The molecule has 5 nitrogen and oxygen atoms in total. The van der Waals surface area contributed by atoms with Crippen LogP contribution in [0.25, 0.3) is 0 Å². The van der Waals surface area contributed by atoms with Crippen LogP contribution in [0.1, 0.15) is 12.0 Å². The maximum absolute atomic E-state index is 11.9. The molecular weight excluding hydrogens is 246 g/mol. The number of hydrogen-bond donors (Lipinski definition) is 1. The fourth-order valence-electron chi connectivity index (χ4n) is 2.18. The van der Waals surface area contributed by atoms with Crippen molar-refractivity contribution in [2.45, 2.75) is 12.8 Å². The number of likely N-dealkylation sites (tertiary alicyclic amines) is 1. The van der Waals surface area contributed by atoms with E-state index >= 15 is 0 Å². The Morgan fingerprint density at radius 3 is 2.47 bits per heavy atom. The third-order valence-corrected chi connectivity index (χ3v) is 3.29. The third-order valence-electron chi connectivity index (χ3n) is 3.29. The summed E-state index contributed by atoms with van der Waals surface area (Å²) in [5, 5.41) is 8.64. The topological polar surface area (TPSA) is 66.8 Å². The van der Waals surface area contributed by atoms with Gasteiger partial charge in [0, 0.05) is 19.0 Å². The summed E-state index contributed by atoms with van der Waals surface area (Å²) in [4.78, 5) is 24.1. The molecule has 1 aliphatic heterocycles. The number of rotatable bonds is 5. The lowest BCUT2D eigenvalue weighted by Crippen LogP contribution is -2.51. The highest BCUT2D eigenvalue weighted by molar-refractivity contribution is 5.80. The quantitative estimate of drug-likeness (QED) is 0.866. The molecule has 0 saturated carbocycles. The third kappa shape index (κ3) is 3.47. The molecule has 0 aliphatic carbocycles. The Morgan fingerprint density at radius 1 is 1.32 bits per heavy atom.